The van der Waals surface area contributed by atoms with Crippen LogP contribution >= 0.6 is 11.3 Å². The lowest BCUT2D eigenvalue weighted by molar-refractivity contribution is 0.628. The Balaban J connectivity index is 1.88. The van der Waals surface area contributed by atoms with Gasteiger partial charge in [-0.15, -0.1) is 10.2 Å². The van der Waals surface area contributed by atoms with Crippen molar-refractivity contribution in [1.29, 1.82) is 0 Å². The molecule has 0 fully saturated rings. The molecule has 4 aromatic rings. The summed E-state index contributed by atoms with van der Waals surface area (Å²) in [5, 5.41) is 12.9. The average Bonchev–Trinajstić information content (AvgIpc) is 3.07. The Morgan fingerprint density at radius 2 is 1.82 bits per heavy atom. The van der Waals surface area contributed by atoms with Gasteiger partial charge in [-0.1, -0.05) is 35.6 Å². The molecule has 0 aliphatic heterocycles. The fraction of sp³-hybridized carbons (Fsp3) is 0. The third kappa shape index (κ3) is 2.06. The van der Waals surface area contributed by atoms with E-state index in [0.717, 1.165) is 0 Å². The van der Waals surface area contributed by atoms with Crippen LogP contribution in [0.15, 0.2) is 48.5 Å². The van der Waals surface area contributed by atoms with Crippen LogP contribution in [0, 0.1) is 11.6 Å². The minimum atomic E-state index is -0.362. The summed E-state index contributed by atoms with van der Waals surface area (Å²) in [7, 11) is 0. The van der Waals surface area contributed by atoms with E-state index in [9.17, 15) is 8.78 Å². The minimum Gasteiger partial charge on any atom is -0.207 e. The van der Waals surface area contributed by atoms with Crippen LogP contribution in [-0.4, -0.2) is 19.8 Å². The summed E-state index contributed by atoms with van der Waals surface area (Å²) in [5.74, 6) is -0.285. The van der Waals surface area contributed by atoms with Crippen LogP contribution in [0.3, 0.4) is 0 Å². The number of rotatable bonds is 2. The van der Waals surface area contributed by atoms with E-state index in [1.807, 2.05) is 0 Å². The standard InChI is InChI=1S/C15H8F2N4S/c16-10-5-3-4-9(8-10)13-18-19-15-21(13)20-14(22-15)11-6-1-2-7-12(11)17/h1-8H. The first-order valence-electron chi connectivity index (χ1n) is 6.45. The zero-order valence-corrected chi connectivity index (χ0v) is 11.9. The zero-order chi connectivity index (χ0) is 15.1. The average molecular weight is 314 g/mol. The van der Waals surface area contributed by atoms with Crippen LogP contribution in [-0.2, 0) is 0 Å². The van der Waals surface area contributed by atoms with E-state index in [4.69, 9.17) is 0 Å². The molecule has 0 aliphatic rings. The normalized spacial score (nSPS) is 11.2. The van der Waals surface area contributed by atoms with Crippen molar-refractivity contribution in [1.82, 2.24) is 19.8 Å². The molecule has 2 aromatic heterocycles. The molecule has 7 heteroatoms. The first kappa shape index (κ1) is 13.0. The van der Waals surface area contributed by atoms with Crippen molar-refractivity contribution >= 4 is 16.3 Å². The van der Waals surface area contributed by atoms with Crippen molar-refractivity contribution in [2.45, 2.75) is 0 Å². The molecule has 0 N–H and O–H groups in total. The highest BCUT2D eigenvalue weighted by molar-refractivity contribution is 7.19. The summed E-state index contributed by atoms with van der Waals surface area (Å²) in [4.78, 5) is 0.525. The van der Waals surface area contributed by atoms with Gasteiger partial charge in [0, 0.05) is 11.1 Å². The number of halogens is 2. The predicted octanol–water partition coefficient (Wildman–Crippen LogP) is 3.80. The highest BCUT2D eigenvalue weighted by Crippen LogP contribution is 2.29. The first-order valence-corrected chi connectivity index (χ1v) is 7.27. The summed E-state index contributed by atoms with van der Waals surface area (Å²) < 4.78 is 28.7. The van der Waals surface area contributed by atoms with E-state index >= 15 is 0 Å². The zero-order valence-electron chi connectivity index (χ0n) is 11.1. The van der Waals surface area contributed by atoms with Gasteiger partial charge in [-0.3, -0.25) is 0 Å². The molecule has 4 rings (SSSR count). The molecule has 0 amide bonds. The lowest BCUT2D eigenvalue weighted by Gasteiger charge is -1.98. The third-order valence-corrected chi connectivity index (χ3v) is 4.11. The van der Waals surface area contributed by atoms with E-state index in [2.05, 4.69) is 15.3 Å². The maximum Gasteiger partial charge on any atom is 0.235 e. The molecule has 0 saturated heterocycles. The molecule has 0 unspecified atom stereocenters. The van der Waals surface area contributed by atoms with Gasteiger partial charge in [-0.05, 0) is 24.3 Å². The Kier molecular flexibility index (Phi) is 2.93. The molecular weight excluding hydrogens is 306 g/mol. The van der Waals surface area contributed by atoms with Crippen LogP contribution in [0.2, 0.25) is 0 Å². The second kappa shape index (κ2) is 4.96. The second-order valence-electron chi connectivity index (χ2n) is 4.62. The van der Waals surface area contributed by atoms with Crippen LogP contribution in [0.1, 0.15) is 0 Å². The monoisotopic (exact) mass is 314 g/mol. The summed E-state index contributed by atoms with van der Waals surface area (Å²) in [6.45, 7) is 0. The third-order valence-electron chi connectivity index (χ3n) is 3.18. The van der Waals surface area contributed by atoms with E-state index < -0.39 is 0 Å². The van der Waals surface area contributed by atoms with Crippen molar-refractivity contribution in [3.05, 3.63) is 60.2 Å². The van der Waals surface area contributed by atoms with Gasteiger partial charge >= 0.3 is 0 Å². The first-order chi connectivity index (χ1) is 10.7. The molecule has 0 radical (unpaired) electrons. The number of hydrogen-bond donors (Lipinski definition) is 0. The number of benzene rings is 2. The SMILES string of the molecule is Fc1cccc(-c2nnc3sc(-c4ccccc4F)nn23)c1. The lowest BCUT2D eigenvalue weighted by Crippen LogP contribution is -1.92. The maximum atomic E-state index is 13.9. The molecule has 0 bridgehead atoms. The summed E-state index contributed by atoms with van der Waals surface area (Å²) in [6.07, 6.45) is 0. The van der Waals surface area contributed by atoms with Crippen molar-refractivity contribution in [3.63, 3.8) is 0 Å². The van der Waals surface area contributed by atoms with Gasteiger partial charge < -0.3 is 0 Å². The van der Waals surface area contributed by atoms with E-state index in [1.54, 1.807) is 30.3 Å². The highest BCUT2D eigenvalue weighted by atomic mass is 32.1. The molecule has 0 spiro atoms. The van der Waals surface area contributed by atoms with Gasteiger partial charge in [0.15, 0.2) is 10.8 Å². The van der Waals surface area contributed by atoms with Crippen LogP contribution in [0.4, 0.5) is 8.78 Å². The van der Waals surface area contributed by atoms with E-state index in [-0.39, 0.29) is 11.6 Å². The molecule has 4 nitrogen and oxygen atoms in total. The van der Waals surface area contributed by atoms with Crippen LogP contribution in [0.25, 0.3) is 26.9 Å². The minimum absolute atomic E-state index is 0.347. The van der Waals surface area contributed by atoms with Gasteiger partial charge in [0.05, 0.1) is 0 Å². The molecule has 108 valence electrons. The smallest absolute Gasteiger partial charge is 0.207 e. The molecule has 22 heavy (non-hydrogen) atoms. The maximum absolute atomic E-state index is 13.9. The Labute approximate surface area is 127 Å². The van der Waals surface area contributed by atoms with E-state index in [0.29, 0.717) is 26.9 Å². The fourth-order valence-corrected chi connectivity index (χ4v) is 3.03. The van der Waals surface area contributed by atoms with Gasteiger partial charge in [-0.25, -0.2) is 8.78 Å². The summed E-state index contributed by atoms with van der Waals surface area (Å²) in [5.41, 5.74) is 0.973. The van der Waals surface area contributed by atoms with Crippen molar-refractivity contribution in [2.24, 2.45) is 0 Å². The largest absolute Gasteiger partial charge is 0.235 e. The van der Waals surface area contributed by atoms with Crippen LogP contribution in [0.5, 0.6) is 0 Å². The fourth-order valence-electron chi connectivity index (χ4n) is 2.17. The Morgan fingerprint density at radius 1 is 0.955 bits per heavy atom. The molecule has 0 atom stereocenters. The molecule has 0 aliphatic carbocycles. The second-order valence-corrected chi connectivity index (χ2v) is 5.57. The van der Waals surface area contributed by atoms with Crippen molar-refractivity contribution in [2.75, 3.05) is 0 Å². The topological polar surface area (TPSA) is 43.1 Å². The molecule has 0 saturated carbocycles. The van der Waals surface area contributed by atoms with Crippen LogP contribution < -0.4 is 0 Å². The number of aromatic nitrogens is 4. The van der Waals surface area contributed by atoms with Gasteiger partial charge in [0.2, 0.25) is 4.96 Å². The lowest BCUT2D eigenvalue weighted by atomic mass is 10.2. The van der Waals surface area contributed by atoms with Crippen molar-refractivity contribution < 1.29 is 8.78 Å². The Bertz CT molecular complexity index is 977. The summed E-state index contributed by atoms with van der Waals surface area (Å²) in [6, 6.07) is 12.4. The van der Waals surface area contributed by atoms with Gasteiger partial charge in [0.25, 0.3) is 0 Å². The number of hydrogen-bond acceptors (Lipinski definition) is 4. The number of nitrogens with zero attached hydrogens (tertiary/aromatic N) is 4. The Morgan fingerprint density at radius 3 is 2.64 bits per heavy atom. The molecule has 2 heterocycles. The quantitative estimate of drug-likeness (QED) is 0.565. The van der Waals surface area contributed by atoms with Gasteiger partial charge in [-0.2, -0.15) is 9.61 Å². The molecule has 2 aromatic carbocycles. The van der Waals surface area contributed by atoms with E-state index in [1.165, 1.54) is 34.1 Å². The highest BCUT2D eigenvalue weighted by Gasteiger charge is 2.16. The molecular formula is C15H8F2N4S. The van der Waals surface area contributed by atoms with Gasteiger partial charge in [0.1, 0.15) is 11.6 Å². The predicted molar refractivity (Wildman–Crippen MR) is 79.4 cm³/mol. The Hall–Kier alpha value is -2.67. The van der Waals surface area contributed by atoms with Crippen molar-refractivity contribution in [3.8, 4) is 22.0 Å². The summed E-state index contributed by atoms with van der Waals surface area (Å²) >= 11 is 1.23. The number of fused-ring (bicyclic) bond motifs is 1.